The van der Waals surface area contributed by atoms with Gasteiger partial charge in [0, 0.05) is 6.07 Å². The van der Waals surface area contributed by atoms with Crippen LogP contribution < -0.4 is 5.32 Å². The number of benzene rings is 1. The van der Waals surface area contributed by atoms with Gasteiger partial charge in [-0.25, -0.2) is 0 Å². The van der Waals surface area contributed by atoms with Crippen LogP contribution in [0.5, 0.6) is 0 Å². The van der Waals surface area contributed by atoms with Crippen LogP contribution in [0, 0.1) is 6.92 Å². The third-order valence-electron chi connectivity index (χ3n) is 2.95. The summed E-state index contributed by atoms with van der Waals surface area (Å²) in [5.41, 5.74) is 3.72. The molecule has 0 aliphatic carbocycles. The van der Waals surface area contributed by atoms with Crippen LogP contribution in [0.25, 0.3) is 0 Å². The van der Waals surface area contributed by atoms with Crippen molar-refractivity contribution in [2.75, 3.05) is 5.32 Å². The number of anilines is 1. The topological polar surface area (TPSA) is 25.2 Å². The second-order valence-electron chi connectivity index (χ2n) is 4.69. The molecule has 1 aromatic heterocycles. The van der Waals surface area contributed by atoms with Gasteiger partial charge in [0.1, 0.15) is 0 Å². The van der Waals surface area contributed by atoms with Crippen LogP contribution in [0.4, 0.5) is 5.88 Å². The lowest BCUT2D eigenvalue weighted by Gasteiger charge is -2.20. The van der Waals surface area contributed by atoms with Crippen molar-refractivity contribution >= 4 is 5.88 Å². The van der Waals surface area contributed by atoms with E-state index < -0.39 is 0 Å². The number of hydrogen-bond donors (Lipinski definition) is 1. The fourth-order valence-electron chi connectivity index (χ4n) is 2.10. The molecule has 0 bridgehead atoms. The van der Waals surface area contributed by atoms with Crippen LogP contribution >= 0.6 is 0 Å². The Bertz CT molecular complexity index is 514. The van der Waals surface area contributed by atoms with Crippen molar-refractivity contribution < 1.29 is 4.42 Å². The fraction of sp³-hybridized carbons (Fsp3) is 0.250. The van der Waals surface area contributed by atoms with Crippen LogP contribution in [0.2, 0.25) is 0 Å². The molecule has 1 aromatic carbocycles. The zero-order chi connectivity index (χ0) is 13.0. The largest absolute Gasteiger partial charge is 0.449 e. The predicted molar refractivity (Wildman–Crippen MR) is 75.7 cm³/mol. The minimum absolute atomic E-state index is 0.204. The number of aryl methyl sites for hydroxylation is 1. The van der Waals surface area contributed by atoms with E-state index in [4.69, 9.17) is 4.42 Å². The first-order valence-corrected chi connectivity index (χ1v) is 6.17. The Balaban J connectivity index is 2.25. The molecule has 1 unspecified atom stereocenters. The number of furan rings is 1. The molecule has 0 amide bonds. The minimum Gasteiger partial charge on any atom is -0.449 e. The second-order valence-corrected chi connectivity index (χ2v) is 4.69. The van der Waals surface area contributed by atoms with Crippen LogP contribution in [0.1, 0.15) is 30.5 Å². The molecule has 1 heterocycles. The summed E-state index contributed by atoms with van der Waals surface area (Å²) >= 11 is 0. The van der Waals surface area contributed by atoms with Crippen molar-refractivity contribution in [3.63, 3.8) is 0 Å². The maximum Gasteiger partial charge on any atom is 0.193 e. The lowest BCUT2D eigenvalue weighted by molar-refractivity contribution is 0.566. The van der Waals surface area contributed by atoms with Gasteiger partial charge in [0.05, 0.1) is 12.3 Å². The normalized spacial score (nSPS) is 12.1. The van der Waals surface area contributed by atoms with Crippen molar-refractivity contribution in [1.29, 1.82) is 0 Å². The monoisotopic (exact) mass is 241 g/mol. The third kappa shape index (κ3) is 3.04. The summed E-state index contributed by atoms with van der Waals surface area (Å²) in [6.45, 7) is 8.19. The highest BCUT2D eigenvalue weighted by atomic mass is 16.3. The molecule has 2 rings (SSSR count). The summed E-state index contributed by atoms with van der Waals surface area (Å²) < 4.78 is 5.37. The smallest absolute Gasteiger partial charge is 0.193 e. The molecule has 94 valence electrons. The first kappa shape index (κ1) is 12.5. The summed E-state index contributed by atoms with van der Waals surface area (Å²) in [5.74, 6) is 0.796. The Morgan fingerprint density at radius 1 is 1.28 bits per heavy atom. The molecule has 0 radical (unpaired) electrons. The van der Waals surface area contributed by atoms with E-state index in [1.54, 1.807) is 6.26 Å². The fourth-order valence-corrected chi connectivity index (χ4v) is 2.10. The quantitative estimate of drug-likeness (QED) is 0.767. The minimum atomic E-state index is 0.204. The molecule has 1 atom stereocenters. The molecule has 2 heteroatoms. The molecular formula is C16H19NO. The van der Waals surface area contributed by atoms with Crippen LogP contribution in [-0.4, -0.2) is 0 Å². The van der Waals surface area contributed by atoms with E-state index in [1.165, 1.54) is 11.1 Å². The van der Waals surface area contributed by atoms with E-state index in [1.807, 2.05) is 12.1 Å². The maximum absolute atomic E-state index is 5.37. The highest BCUT2D eigenvalue weighted by Gasteiger charge is 2.14. The van der Waals surface area contributed by atoms with E-state index in [2.05, 4.69) is 50.0 Å². The van der Waals surface area contributed by atoms with Gasteiger partial charge in [-0.05, 0) is 37.5 Å². The van der Waals surface area contributed by atoms with E-state index >= 15 is 0 Å². The molecular weight excluding hydrogens is 222 g/mol. The first-order chi connectivity index (χ1) is 8.66. The van der Waals surface area contributed by atoms with Crippen molar-refractivity contribution in [2.45, 2.75) is 26.3 Å². The first-order valence-electron chi connectivity index (χ1n) is 6.17. The number of hydrogen-bond acceptors (Lipinski definition) is 2. The summed E-state index contributed by atoms with van der Waals surface area (Å²) in [7, 11) is 0. The molecule has 0 fully saturated rings. The molecule has 2 nitrogen and oxygen atoms in total. The third-order valence-corrected chi connectivity index (χ3v) is 2.95. The molecule has 2 aromatic rings. The Morgan fingerprint density at radius 2 is 2.06 bits per heavy atom. The van der Waals surface area contributed by atoms with Crippen molar-refractivity contribution in [2.24, 2.45) is 0 Å². The molecule has 0 aliphatic rings. The zero-order valence-electron chi connectivity index (χ0n) is 10.9. The summed E-state index contributed by atoms with van der Waals surface area (Å²) in [5, 5.41) is 3.42. The summed E-state index contributed by atoms with van der Waals surface area (Å²) in [6, 6.07) is 12.4. The van der Waals surface area contributed by atoms with Gasteiger partial charge < -0.3 is 9.73 Å². The van der Waals surface area contributed by atoms with Crippen LogP contribution in [0.15, 0.2) is 59.2 Å². The van der Waals surface area contributed by atoms with E-state index in [-0.39, 0.29) is 6.04 Å². The van der Waals surface area contributed by atoms with Gasteiger partial charge in [0.25, 0.3) is 0 Å². The molecule has 0 spiro atoms. The standard InChI is InChI=1S/C16H19NO/c1-12(2)11-15(17-16-9-6-10-18-16)14-8-5-4-7-13(14)3/h4-10,15,17H,1,11H2,2-3H3. The predicted octanol–water partition coefficient (Wildman–Crippen LogP) is 4.71. The second kappa shape index (κ2) is 5.58. The Kier molecular flexibility index (Phi) is 3.88. The molecule has 0 aliphatic heterocycles. The maximum atomic E-state index is 5.37. The van der Waals surface area contributed by atoms with Gasteiger partial charge in [-0.3, -0.25) is 0 Å². The number of rotatable bonds is 5. The highest BCUT2D eigenvalue weighted by molar-refractivity contribution is 5.39. The van der Waals surface area contributed by atoms with Crippen molar-refractivity contribution in [3.8, 4) is 0 Å². The highest BCUT2D eigenvalue weighted by Crippen LogP contribution is 2.27. The molecule has 0 saturated heterocycles. The summed E-state index contributed by atoms with van der Waals surface area (Å²) in [4.78, 5) is 0. The Hall–Kier alpha value is -1.96. The van der Waals surface area contributed by atoms with Crippen molar-refractivity contribution in [3.05, 3.63) is 65.9 Å². The van der Waals surface area contributed by atoms with Gasteiger partial charge in [-0.15, -0.1) is 6.58 Å². The van der Waals surface area contributed by atoms with Gasteiger partial charge in [0.2, 0.25) is 0 Å². The molecule has 0 saturated carbocycles. The van der Waals surface area contributed by atoms with Gasteiger partial charge >= 0.3 is 0 Å². The lowest BCUT2D eigenvalue weighted by atomic mass is 9.96. The Morgan fingerprint density at radius 3 is 2.67 bits per heavy atom. The number of nitrogens with one attached hydrogen (secondary N) is 1. The van der Waals surface area contributed by atoms with Crippen LogP contribution in [-0.2, 0) is 0 Å². The van der Waals surface area contributed by atoms with E-state index in [0.717, 1.165) is 17.9 Å². The average Bonchev–Trinajstić information content (AvgIpc) is 2.81. The average molecular weight is 241 g/mol. The van der Waals surface area contributed by atoms with E-state index in [0.29, 0.717) is 0 Å². The van der Waals surface area contributed by atoms with Gasteiger partial charge in [0.15, 0.2) is 5.88 Å². The lowest BCUT2D eigenvalue weighted by Crippen LogP contribution is -2.12. The van der Waals surface area contributed by atoms with Crippen LogP contribution in [0.3, 0.4) is 0 Å². The van der Waals surface area contributed by atoms with Gasteiger partial charge in [-0.2, -0.15) is 0 Å². The van der Waals surface area contributed by atoms with E-state index in [9.17, 15) is 0 Å². The Labute approximate surface area is 108 Å². The van der Waals surface area contributed by atoms with Gasteiger partial charge in [-0.1, -0.05) is 29.8 Å². The molecule has 18 heavy (non-hydrogen) atoms. The summed E-state index contributed by atoms with van der Waals surface area (Å²) in [6.07, 6.45) is 2.57. The molecule has 1 N–H and O–H groups in total. The van der Waals surface area contributed by atoms with Crippen molar-refractivity contribution in [1.82, 2.24) is 0 Å². The SMILES string of the molecule is C=C(C)CC(Nc1ccco1)c1ccccc1C. The zero-order valence-corrected chi connectivity index (χ0v) is 10.9.